The van der Waals surface area contributed by atoms with Crippen molar-refractivity contribution in [3.8, 4) is 11.3 Å². The van der Waals surface area contributed by atoms with Crippen molar-refractivity contribution in [1.29, 1.82) is 0 Å². The summed E-state index contributed by atoms with van der Waals surface area (Å²) in [6.07, 6.45) is 0.523. The predicted octanol–water partition coefficient (Wildman–Crippen LogP) is 3.25. The molecule has 23 heavy (non-hydrogen) atoms. The van der Waals surface area contributed by atoms with Gasteiger partial charge in [-0.15, -0.1) is 0 Å². The molecule has 0 bridgehead atoms. The minimum Gasteiger partial charge on any atom is -0.361 e. The molecule has 5 nitrogen and oxygen atoms in total. The van der Waals surface area contributed by atoms with Gasteiger partial charge in [0.05, 0.1) is 6.61 Å². The first-order valence-electron chi connectivity index (χ1n) is 7.31. The first-order valence-corrected chi connectivity index (χ1v) is 7.31. The summed E-state index contributed by atoms with van der Waals surface area (Å²) in [7, 11) is 0. The number of carbonyl (C=O) groups excluding carboxylic acids is 1. The largest absolute Gasteiger partial charge is 0.361 e. The van der Waals surface area contributed by atoms with Crippen molar-refractivity contribution >= 4 is 5.91 Å². The Morgan fingerprint density at radius 2 is 1.74 bits per heavy atom. The second kappa shape index (κ2) is 7.38. The molecule has 1 aromatic heterocycles. The fraction of sp³-hybridized carbons (Fsp3) is 0.111. The number of benzene rings is 2. The molecule has 0 atom stereocenters. The van der Waals surface area contributed by atoms with Crippen LogP contribution in [0.4, 0.5) is 0 Å². The van der Waals surface area contributed by atoms with Gasteiger partial charge in [0, 0.05) is 23.6 Å². The average molecular weight is 308 g/mol. The van der Waals surface area contributed by atoms with Gasteiger partial charge in [-0.2, -0.15) is 0 Å². The van der Waals surface area contributed by atoms with Gasteiger partial charge in [0.1, 0.15) is 11.5 Å². The normalized spacial score (nSPS) is 10.4. The van der Waals surface area contributed by atoms with Crippen LogP contribution in [-0.2, 0) is 11.3 Å². The zero-order valence-electron chi connectivity index (χ0n) is 12.4. The van der Waals surface area contributed by atoms with E-state index in [2.05, 4.69) is 10.6 Å². The third-order valence-electron chi connectivity index (χ3n) is 3.28. The zero-order chi connectivity index (χ0) is 15.9. The third-order valence-corrected chi connectivity index (χ3v) is 3.28. The molecule has 0 aliphatic rings. The van der Waals surface area contributed by atoms with Gasteiger partial charge in [0.25, 0.3) is 5.91 Å². The quantitative estimate of drug-likeness (QED) is 0.561. The number of nitrogens with zero attached hydrogens (tertiary/aromatic N) is 1. The van der Waals surface area contributed by atoms with Crippen LogP contribution in [0.3, 0.4) is 0 Å². The Morgan fingerprint density at radius 3 is 2.48 bits per heavy atom. The Hall–Kier alpha value is -2.92. The van der Waals surface area contributed by atoms with Crippen LogP contribution < -0.4 is 5.48 Å². The van der Waals surface area contributed by atoms with Crippen molar-refractivity contribution in [1.82, 2.24) is 10.6 Å². The summed E-state index contributed by atoms with van der Waals surface area (Å²) in [5.74, 6) is 0.436. The van der Waals surface area contributed by atoms with Crippen molar-refractivity contribution < 1.29 is 14.2 Å². The van der Waals surface area contributed by atoms with Crippen LogP contribution in [0.5, 0.6) is 0 Å². The highest BCUT2D eigenvalue weighted by Gasteiger charge is 2.07. The highest BCUT2D eigenvalue weighted by Crippen LogP contribution is 2.18. The van der Waals surface area contributed by atoms with Crippen LogP contribution in [-0.4, -0.2) is 17.7 Å². The van der Waals surface area contributed by atoms with E-state index in [1.807, 2.05) is 42.5 Å². The zero-order valence-corrected chi connectivity index (χ0v) is 12.4. The maximum atomic E-state index is 11.8. The lowest BCUT2D eigenvalue weighted by atomic mass is 10.1. The predicted molar refractivity (Wildman–Crippen MR) is 85.5 cm³/mol. The summed E-state index contributed by atoms with van der Waals surface area (Å²) >= 11 is 0. The summed E-state index contributed by atoms with van der Waals surface area (Å²) in [6, 6.07) is 20.6. The Morgan fingerprint density at radius 1 is 1.04 bits per heavy atom. The van der Waals surface area contributed by atoms with Crippen LogP contribution in [0.15, 0.2) is 71.3 Å². The minimum absolute atomic E-state index is 0.270. The Kier molecular flexibility index (Phi) is 4.81. The smallest absolute Gasteiger partial charge is 0.274 e. The highest BCUT2D eigenvalue weighted by atomic mass is 16.6. The number of rotatable bonds is 6. The molecule has 0 saturated carbocycles. The molecule has 5 heteroatoms. The van der Waals surface area contributed by atoms with Crippen molar-refractivity contribution in [2.75, 3.05) is 6.61 Å². The number of nitrogens with one attached hydrogen (secondary N) is 1. The van der Waals surface area contributed by atoms with Crippen LogP contribution >= 0.6 is 0 Å². The summed E-state index contributed by atoms with van der Waals surface area (Å²) in [5.41, 5.74) is 4.75. The lowest BCUT2D eigenvalue weighted by molar-refractivity contribution is 0.0309. The second-order valence-electron chi connectivity index (χ2n) is 4.94. The number of aromatic nitrogens is 1. The molecule has 1 amide bonds. The SMILES string of the molecule is O=C(NOCCc1cc(-c2ccccc2)no1)c1ccccc1. The van der Waals surface area contributed by atoms with Crippen LogP contribution in [0.1, 0.15) is 16.1 Å². The summed E-state index contributed by atoms with van der Waals surface area (Å²) in [6.45, 7) is 0.308. The molecular formula is C18H16N2O3. The van der Waals surface area contributed by atoms with Gasteiger partial charge in [-0.1, -0.05) is 53.7 Å². The van der Waals surface area contributed by atoms with Gasteiger partial charge in [-0.3, -0.25) is 9.63 Å². The number of hydroxylamine groups is 1. The van der Waals surface area contributed by atoms with Crippen molar-refractivity contribution in [2.24, 2.45) is 0 Å². The lowest BCUT2D eigenvalue weighted by Crippen LogP contribution is -2.24. The molecule has 0 spiro atoms. The molecule has 0 radical (unpaired) electrons. The molecule has 3 aromatic rings. The molecule has 0 aliphatic carbocycles. The van der Waals surface area contributed by atoms with E-state index in [0.29, 0.717) is 24.4 Å². The summed E-state index contributed by atoms with van der Waals surface area (Å²) < 4.78 is 5.27. The van der Waals surface area contributed by atoms with Gasteiger partial charge in [0.15, 0.2) is 0 Å². The first kappa shape index (κ1) is 15.0. The third kappa shape index (κ3) is 4.05. The number of amides is 1. The monoisotopic (exact) mass is 308 g/mol. The van der Waals surface area contributed by atoms with Gasteiger partial charge in [-0.05, 0) is 12.1 Å². The highest BCUT2D eigenvalue weighted by molar-refractivity contribution is 5.93. The number of carbonyl (C=O) groups is 1. The minimum atomic E-state index is -0.270. The van der Waals surface area contributed by atoms with Crippen molar-refractivity contribution in [3.05, 3.63) is 78.1 Å². The number of hydrogen-bond donors (Lipinski definition) is 1. The Bertz CT molecular complexity index is 754. The molecule has 0 aliphatic heterocycles. The maximum Gasteiger partial charge on any atom is 0.274 e. The Balaban J connectivity index is 1.46. The standard InChI is InChI=1S/C18H16N2O3/c21-18(15-9-5-2-6-10-15)20-22-12-11-16-13-17(19-23-16)14-7-3-1-4-8-14/h1-10,13H,11-12H2,(H,20,21). The molecule has 2 aromatic carbocycles. The topological polar surface area (TPSA) is 64.4 Å². The van der Waals surface area contributed by atoms with E-state index >= 15 is 0 Å². The molecule has 116 valence electrons. The van der Waals surface area contributed by atoms with E-state index in [1.54, 1.807) is 24.3 Å². The van der Waals surface area contributed by atoms with Crippen molar-refractivity contribution in [2.45, 2.75) is 6.42 Å². The summed E-state index contributed by atoms with van der Waals surface area (Å²) in [5, 5.41) is 4.03. The first-order chi connectivity index (χ1) is 11.3. The van der Waals surface area contributed by atoms with E-state index in [1.165, 1.54) is 0 Å². The molecule has 1 N–H and O–H groups in total. The second-order valence-corrected chi connectivity index (χ2v) is 4.94. The van der Waals surface area contributed by atoms with Crippen LogP contribution in [0.2, 0.25) is 0 Å². The number of hydrogen-bond acceptors (Lipinski definition) is 4. The van der Waals surface area contributed by atoms with E-state index in [4.69, 9.17) is 9.36 Å². The van der Waals surface area contributed by atoms with E-state index < -0.39 is 0 Å². The summed E-state index contributed by atoms with van der Waals surface area (Å²) in [4.78, 5) is 17.0. The molecule has 0 saturated heterocycles. The molecule has 3 rings (SSSR count). The fourth-order valence-corrected chi connectivity index (χ4v) is 2.09. The van der Waals surface area contributed by atoms with Crippen LogP contribution in [0, 0.1) is 0 Å². The van der Waals surface area contributed by atoms with E-state index in [-0.39, 0.29) is 5.91 Å². The average Bonchev–Trinajstić information content (AvgIpc) is 3.09. The van der Waals surface area contributed by atoms with Gasteiger partial charge in [-0.25, -0.2) is 5.48 Å². The van der Waals surface area contributed by atoms with E-state index in [0.717, 1.165) is 11.3 Å². The van der Waals surface area contributed by atoms with E-state index in [9.17, 15) is 4.79 Å². The van der Waals surface area contributed by atoms with Crippen molar-refractivity contribution in [3.63, 3.8) is 0 Å². The molecule has 0 fully saturated rings. The maximum absolute atomic E-state index is 11.8. The van der Waals surface area contributed by atoms with Gasteiger partial charge >= 0.3 is 0 Å². The fourth-order valence-electron chi connectivity index (χ4n) is 2.09. The Labute approximate surface area is 133 Å². The molecular weight excluding hydrogens is 292 g/mol. The van der Waals surface area contributed by atoms with Gasteiger partial charge in [0.2, 0.25) is 0 Å². The molecule has 0 unspecified atom stereocenters. The molecule has 1 heterocycles. The van der Waals surface area contributed by atoms with Gasteiger partial charge < -0.3 is 4.52 Å². The lowest BCUT2D eigenvalue weighted by Gasteiger charge is -2.04. The van der Waals surface area contributed by atoms with Crippen LogP contribution in [0.25, 0.3) is 11.3 Å².